The van der Waals surface area contributed by atoms with Gasteiger partial charge in [0.15, 0.2) is 0 Å². The Balaban J connectivity index is 2.51. The van der Waals surface area contributed by atoms with E-state index in [2.05, 4.69) is 10.0 Å². The first kappa shape index (κ1) is 10.3. The van der Waals surface area contributed by atoms with Gasteiger partial charge in [-0.1, -0.05) is 47.6 Å². The predicted molar refractivity (Wildman–Crippen MR) is 55.5 cm³/mol. The molecule has 0 saturated heterocycles. The number of hydrogen-bond acceptors (Lipinski definition) is 2. The summed E-state index contributed by atoms with van der Waals surface area (Å²) in [5.41, 5.74) is 9.03. The normalized spacial score (nSPS) is 12.4. The number of aliphatic hydroxyl groups is 1. The molecule has 0 saturated carbocycles. The highest BCUT2D eigenvalue weighted by atomic mass is 16.3. The van der Waals surface area contributed by atoms with E-state index in [1.807, 2.05) is 30.3 Å². The van der Waals surface area contributed by atoms with E-state index in [9.17, 15) is 5.11 Å². The van der Waals surface area contributed by atoms with Crippen LogP contribution in [0.2, 0.25) is 0 Å². The Bertz CT molecular complexity index is 342. The maximum Gasteiger partial charge on any atom is 0.0780 e. The molecule has 0 aliphatic rings. The van der Waals surface area contributed by atoms with Crippen LogP contribution in [-0.4, -0.2) is 17.8 Å². The molecule has 1 unspecified atom stereocenters. The summed E-state index contributed by atoms with van der Waals surface area (Å²) >= 11 is 0. The molecular formula is C10H11N3O. The second kappa shape index (κ2) is 5.80. The van der Waals surface area contributed by atoms with E-state index in [1.54, 1.807) is 12.2 Å². The van der Waals surface area contributed by atoms with Crippen molar-refractivity contribution in [3.8, 4) is 0 Å². The van der Waals surface area contributed by atoms with E-state index < -0.39 is 6.10 Å². The summed E-state index contributed by atoms with van der Waals surface area (Å²) in [5, 5.41) is 12.6. The number of nitrogens with zero attached hydrogens (tertiary/aromatic N) is 3. The summed E-state index contributed by atoms with van der Waals surface area (Å²) in [5.74, 6) is 0. The van der Waals surface area contributed by atoms with Gasteiger partial charge in [0, 0.05) is 4.91 Å². The van der Waals surface area contributed by atoms with Gasteiger partial charge in [-0.15, -0.1) is 0 Å². The van der Waals surface area contributed by atoms with Crippen molar-refractivity contribution < 1.29 is 5.11 Å². The van der Waals surface area contributed by atoms with Crippen molar-refractivity contribution in [1.29, 1.82) is 0 Å². The van der Waals surface area contributed by atoms with Crippen LogP contribution in [0.4, 0.5) is 0 Å². The molecule has 4 nitrogen and oxygen atoms in total. The largest absolute Gasteiger partial charge is 0.389 e. The molecule has 0 radical (unpaired) electrons. The number of hydrogen-bond donors (Lipinski definition) is 1. The first-order valence-electron chi connectivity index (χ1n) is 4.25. The van der Waals surface area contributed by atoms with Gasteiger partial charge in [-0.2, -0.15) is 0 Å². The number of rotatable bonds is 4. The van der Waals surface area contributed by atoms with Crippen molar-refractivity contribution >= 4 is 6.08 Å². The molecule has 14 heavy (non-hydrogen) atoms. The van der Waals surface area contributed by atoms with Crippen LogP contribution in [0.15, 0.2) is 41.5 Å². The highest BCUT2D eigenvalue weighted by Crippen LogP contribution is 2.02. The van der Waals surface area contributed by atoms with Gasteiger partial charge in [0.25, 0.3) is 0 Å². The molecule has 0 aromatic heterocycles. The summed E-state index contributed by atoms with van der Waals surface area (Å²) in [6.45, 7) is 0.0693. The lowest BCUT2D eigenvalue weighted by Crippen LogP contribution is -2.05. The van der Waals surface area contributed by atoms with Crippen LogP contribution in [-0.2, 0) is 0 Å². The van der Waals surface area contributed by atoms with Crippen LogP contribution in [0.5, 0.6) is 0 Å². The fourth-order valence-electron chi connectivity index (χ4n) is 0.967. The third kappa shape index (κ3) is 3.76. The Kier molecular flexibility index (Phi) is 4.27. The molecule has 1 N–H and O–H groups in total. The molecule has 0 fully saturated rings. The molecular weight excluding hydrogens is 178 g/mol. The fourth-order valence-corrected chi connectivity index (χ4v) is 0.967. The average molecular weight is 189 g/mol. The van der Waals surface area contributed by atoms with Crippen molar-refractivity contribution in [3.05, 3.63) is 52.4 Å². The highest BCUT2D eigenvalue weighted by Gasteiger charge is 1.94. The van der Waals surface area contributed by atoms with Crippen molar-refractivity contribution in [2.45, 2.75) is 6.10 Å². The van der Waals surface area contributed by atoms with Crippen molar-refractivity contribution in [2.24, 2.45) is 5.11 Å². The first-order valence-corrected chi connectivity index (χ1v) is 4.25. The Labute approximate surface area is 82.1 Å². The fraction of sp³-hybridized carbons (Fsp3) is 0.200. The zero-order chi connectivity index (χ0) is 10.2. The molecule has 1 atom stereocenters. The van der Waals surface area contributed by atoms with Crippen molar-refractivity contribution in [1.82, 2.24) is 0 Å². The summed E-state index contributed by atoms with van der Waals surface area (Å²) in [6, 6.07) is 9.61. The molecule has 0 heterocycles. The lowest BCUT2D eigenvalue weighted by Gasteiger charge is -1.98. The Hall–Kier alpha value is -1.77. The number of benzene rings is 1. The molecule has 1 rings (SSSR count). The van der Waals surface area contributed by atoms with Gasteiger partial charge in [0.1, 0.15) is 0 Å². The second-order valence-electron chi connectivity index (χ2n) is 2.75. The Morgan fingerprint density at radius 2 is 2.14 bits per heavy atom. The van der Waals surface area contributed by atoms with Crippen LogP contribution in [0.3, 0.4) is 0 Å². The maximum absolute atomic E-state index is 9.29. The van der Waals surface area contributed by atoms with Gasteiger partial charge in [0.2, 0.25) is 0 Å². The standard InChI is InChI=1S/C10H11N3O/c11-13-12-8-10(14)7-6-9-4-2-1-3-5-9/h1-7,10,14H,8H2/b7-6+. The Morgan fingerprint density at radius 3 is 2.79 bits per heavy atom. The monoisotopic (exact) mass is 189 g/mol. The molecule has 0 aliphatic heterocycles. The lowest BCUT2D eigenvalue weighted by molar-refractivity contribution is 0.232. The quantitative estimate of drug-likeness (QED) is 0.441. The molecule has 4 heteroatoms. The third-order valence-electron chi connectivity index (χ3n) is 1.64. The third-order valence-corrected chi connectivity index (χ3v) is 1.64. The van der Waals surface area contributed by atoms with E-state index in [4.69, 9.17) is 5.53 Å². The van der Waals surface area contributed by atoms with Crippen LogP contribution in [0.25, 0.3) is 16.5 Å². The summed E-state index contributed by atoms with van der Waals surface area (Å²) in [4.78, 5) is 2.56. The van der Waals surface area contributed by atoms with Gasteiger partial charge in [0.05, 0.1) is 12.6 Å². The predicted octanol–water partition coefficient (Wildman–Crippen LogP) is 2.37. The molecule has 0 spiro atoms. The molecule has 1 aromatic carbocycles. The molecule has 0 amide bonds. The molecule has 0 bridgehead atoms. The smallest absolute Gasteiger partial charge is 0.0780 e. The van der Waals surface area contributed by atoms with Gasteiger partial charge < -0.3 is 5.11 Å². The minimum absolute atomic E-state index is 0.0693. The zero-order valence-electron chi connectivity index (χ0n) is 7.61. The number of aliphatic hydroxyl groups excluding tert-OH is 1. The van der Waals surface area contributed by atoms with Crippen LogP contribution >= 0.6 is 0 Å². The molecule has 72 valence electrons. The lowest BCUT2D eigenvalue weighted by atomic mass is 10.2. The van der Waals surface area contributed by atoms with Crippen LogP contribution < -0.4 is 0 Å². The van der Waals surface area contributed by atoms with Crippen LogP contribution in [0.1, 0.15) is 5.56 Å². The Morgan fingerprint density at radius 1 is 1.43 bits per heavy atom. The van der Waals surface area contributed by atoms with Crippen LogP contribution in [0, 0.1) is 0 Å². The van der Waals surface area contributed by atoms with E-state index in [1.165, 1.54) is 0 Å². The van der Waals surface area contributed by atoms with E-state index in [0.717, 1.165) is 5.56 Å². The van der Waals surface area contributed by atoms with Gasteiger partial charge in [-0.3, -0.25) is 0 Å². The highest BCUT2D eigenvalue weighted by molar-refractivity contribution is 5.49. The SMILES string of the molecule is [N-]=[N+]=NCC(O)/C=C/c1ccccc1. The number of azide groups is 1. The molecule has 1 aromatic rings. The van der Waals surface area contributed by atoms with Gasteiger partial charge >= 0.3 is 0 Å². The van der Waals surface area contributed by atoms with Crippen molar-refractivity contribution in [2.75, 3.05) is 6.54 Å². The average Bonchev–Trinajstić information content (AvgIpc) is 2.25. The summed E-state index contributed by atoms with van der Waals surface area (Å²) < 4.78 is 0. The summed E-state index contributed by atoms with van der Waals surface area (Å²) in [7, 11) is 0. The van der Waals surface area contributed by atoms with E-state index in [0.29, 0.717) is 0 Å². The summed E-state index contributed by atoms with van der Waals surface area (Å²) in [6.07, 6.45) is 2.67. The first-order chi connectivity index (χ1) is 6.83. The van der Waals surface area contributed by atoms with Gasteiger partial charge in [-0.25, -0.2) is 0 Å². The van der Waals surface area contributed by atoms with Crippen molar-refractivity contribution in [3.63, 3.8) is 0 Å². The molecule has 0 aliphatic carbocycles. The minimum atomic E-state index is -0.717. The van der Waals surface area contributed by atoms with E-state index in [-0.39, 0.29) is 6.54 Å². The maximum atomic E-state index is 9.29. The van der Waals surface area contributed by atoms with Gasteiger partial charge in [-0.05, 0) is 11.1 Å². The second-order valence-corrected chi connectivity index (χ2v) is 2.75. The van der Waals surface area contributed by atoms with E-state index >= 15 is 0 Å². The topological polar surface area (TPSA) is 69.0 Å². The minimum Gasteiger partial charge on any atom is -0.389 e. The zero-order valence-corrected chi connectivity index (χ0v) is 7.61.